The molecule has 0 bridgehead atoms. The zero-order valence-corrected chi connectivity index (χ0v) is 10.1. The highest BCUT2D eigenvalue weighted by atomic mass is 16.4. The van der Waals surface area contributed by atoms with Crippen molar-refractivity contribution in [3.8, 4) is 0 Å². The van der Waals surface area contributed by atoms with Gasteiger partial charge in [0.25, 0.3) is 0 Å². The Morgan fingerprint density at radius 1 is 1.32 bits per heavy atom. The number of nitrogens with one attached hydrogen (secondary N) is 1. The topological polar surface area (TPSA) is 102 Å². The molecule has 8 nitrogen and oxygen atoms in total. The molecule has 2 rings (SSSR count). The van der Waals surface area contributed by atoms with Crippen molar-refractivity contribution in [2.24, 2.45) is 0 Å². The van der Waals surface area contributed by atoms with E-state index in [9.17, 15) is 9.59 Å². The molecule has 2 aromatic heterocycles. The van der Waals surface area contributed by atoms with Gasteiger partial charge in [-0.3, -0.25) is 9.48 Å². The van der Waals surface area contributed by atoms with Gasteiger partial charge < -0.3 is 10.4 Å². The van der Waals surface area contributed by atoms with E-state index in [1.54, 1.807) is 23.1 Å². The molecule has 0 spiro atoms. The van der Waals surface area contributed by atoms with Crippen LogP contribution in [-0.4, -0.2) is 43.1 Å². The van der Waals surface area contributed by atoms with Crippen molar-refractivity contribution in [3.05, 3.63) is 36.4 Å². The number of hydrogen-bond acceptors (Lipinski definition) is 4. The highest BCUT2D eigenvalue weighted by molar-refractivity contribution is 5.86. The third kappa shape index (κ3) is 3.41. The smallest absolute Gasteiger partial charge is 0.354 e. The Labute approximate surface area is 108 Å². The van der Waals surface area contributed by atoms with Crippen LogP contribution in [-0.2, 0) is 17.9 Å². The lowest BCUT2D eigenvalue weighted by Crippen LogP contribution is -2.31. The predicted octanol–water partition coefficient (Wildman–Crippen LogP) is -0.406. The summed E-state index contributed by atoms with van der Waals surface area (Å²) in [7, 11) is 0. The SMILES string of the molecule is O=C(Cn1nccc1C(=O)O)NCCn1cccn1. The van der Waals surface area contributed by atoms with Crippen LogP contribution in [0.15, 0.2) is 30.7 Å². The van der Waals surface area contributed by atoms with Gasteiger partial charge in [-0.15, -0.1) is 0 Å². The molecule has 0 atom stereocenters. The van der Waals surface area contributed by atoms with Crippen molar-refractivity contribution in [2.75, 3.05) is 6.54 Å². The number of carboxylic acid groups (broad SMARTS) is 1. The summed E-state index contributed by atoms with van der Waals surface area (Å²) in [6.07, 6.45) is 4.80. The maximum absolute atomic E-state index is 11.6. The molecule has 2 aromatic rings. The Balaban J connectivity index is 1.81. The van der Waals surface area contributed by atoms with Gasteiger partial charge in [0.15, 0.2) is 0 Å². The third-order valence-corrected chi connectivity index (χ3v) is 2.45. The van der Waals surface area contributed by atoms with Crippen LogP contribution in [0.1, 0.15) is 10.5 Å². The van der Waals surface area contributed by atoms with E-state index in [1.807, 2.05) is 0 Å². The second-order valence-corrected chi connectivity index (χ2v) is 3.80. The van der Waals surface area contributed by atoms with Crippen LogP contribution in [0.25, 0.3) is 0 Å². The van der Waals surface area contributed by atoms with Gasteiger partial charge in [-0.2, -0.15) is 10.2 Å². The van der Waals surface area contributed by atoms with Gasteiger partial charge in [-0.25, -0.2) is 9.48 Å². The van der Waals surface area contributed by atoms with Crippen molar-refractivity contribution in [1.29, 1.82) is 0 Å². The quantitative estimate of drug-likeness (QED) is 0.738. The summed E-state index contributed by atoms with van der Waals surface area (Å²) in [6, 6.07) is 3.14. The molecule has 0 fully saturated rings. The van der Waals surface area contributed by atoms with Gasteiger partial charge in [0.2, 0.25) is 5.91 Å². The summed E-state index contributed by atoms with van der Waals surface area (Å²) >= 11 is 0. The highest BCUT2D eigenvalue weighted by Crippen LogP contribution is 1.98. The Morgan fingerprint density at radius 2 is 2.16 bits per heavy atom. The van der Waals surface area contributed by atoms with E-state index in [2.05, 4.69) is 15.5 Å². The summed E-state index contributed by atoms with van der Waals surface area (Å²) in [5.74, 6) is -1.40. The molecule has 0 aliphatic heterocycles. The van der Waals surface area contributed by atoms with Crippen molar-refractivity contribution in [1.82, 2.24) is 24.9 Å². The van der Waals surface area contributed by atoms with Crippen molar-refractivity contribution in [3.63, 3.8) is 0 Å². The zero-order valence-electron chi connectivity index (χ0n) is 10.1. The van der Waals surface area contributed by atoms with E-state index >= 15 is 0 Å². The van der Waals surface area contributed by atoms with E-state index in [4.69, 9.17) is 5.11 Å². The van der Waals surface area contributed by atoms with Gasteiger partial charge in [-0.05, 0) is 12.1 Å². The average molecular weight is 263 g/mol. The van der Waals surface area contributed by atoms with Gasteiger partial charge in [0.05, 0.1) is 6.54 Å². The van der Waals surface area contributed by atoms with Crippen LogP contribution in [0, 0.1) is 0 Å². The number of carboxylic acids is 1. The zero-order chi connectivity index (χ0) is 13.7. The first-order chi connectivity index (χ1) is 9.16. The maximum Gasteiger partial charge on any atom is 0.354 e. The lowest BCUT2D eigenvalue weighted by molar-refractivity contribution is -0.121. The van der Waals surface area contributed by atoms with Crippen LogP contribution in [0.2, 0.25) is 0 Å². The molecule has 0 radical (unpaired) electrons. The standard InChI is InChI=1S/C11H13N5O3/c17-10(12-5-7-15-6-1-3-13-15)8-16-9(11(18)19)2-4-14-16/h1-4,6H,5,7-8H2,(H,12,17)(H,18,19). The van der Waals surface area contributed by atoms with Gasteiger partial charge in [0, 0.05) is 25.1 Å². The number of aromatic nitrogens is 4. The van der Waals surface area contributed by atoms with E-state index in [-0.39, 0.29) is 18.1 Å². The summed E-state index contributed by atoms with van der Waals surface area (Å²) in [4.78, 5) is 22.4. The number of aromatic carboxylic acids is 1. The molecule has 0 unspecified atom stereocenters. The number of nitrogens with zero attached hydrogens (tertiary/aromatic N) is 4. The molecular formula is C11H13N5O3. The molecule has 19 heavy (non-hydrogen) atoms. The van der Waals surface area contributed by atoms with E-state index in [0.717, 1.165) is 4.68 Å². The minimum absolute atomic E-state index is 0.0118. The number of hydrogen-bond donors (Lipinski definition) is 2. The highest BCUT2D eigenvalue weighted by Gasteiger charge is 2.12. The summed E-state index contributed by atoms with van der Waals surface area (Å²) in [6.45, 7) is 0.863. The third-order valence-electron chi connectivity index (χ3n) is 2.45. The van der Waals surface area contributed by atoms with Crippen LogP contribution in [0.4, 0.5) is 0 Å². The Bertz CT molecular complexity index is 561. The first-order valence-corrected chi connectivity index (χ1v) is 5.66. The average Bonchev–Trinajstić information content (AvgIpc) is 2.99. The van der Waals surface area contributed by atoms with E-state index < -0.39 is 5.97 Å². The van der Waals surface area contributed by atoms with Gasteiger partial charge in [0.1, 0.15) is 12.2 Å². The molecule has 0 saturated carbocycles. The molecule has 8 heteroatoms. The largest absolute Gasteiger partial charge is 0.477 e. The van der Waals surface area contributed by atoms with Crippen molar-refractivity contribution < 1.29 is 14.7 Å². The van der Waals surface area contributed by atoms with Crippen LogP contribution < -0.4 is 5.32 Å². The predicted molar refractivity (Wildman–Crippen MR) is 64.4 cm³/mol. The van der Waals surface area contributed by atoms with Crippen LogP contribution in [0.3, 0.4) is 0 Å². The molecule has 2 N–H and O–H groups in total. The fourth-order valence-electron chi connectivity index (χ4n) is 1.57. The van der Waals surface area contributed by atoms with Gasteiger partial charge in [-0.1, -0.05) is 0 Å². The molecule has 0 aromatic carbocycles. The molecule has 2 heterocycles. The summed E-state index contributed by atoms with van der Waals surface area (Å²) in [5.41, 5.74) is -0.0118. The minimum Gasteiger partial charge on any atom is -0.477 e. The second kappa shape index (κ2) is 5.80. The molecule has 0 aliphatic rings. The lowest BCUT2D eigenvalue weighted by atomic mass is 10.4. The molecule has 0 saturated heterocycles. The second-order valence-electron chi connectivity index (χ2n) is 3.80. The Hall–Kier alpha value is -2.64. The fourth-order valence-corrected chi connectivity index (χ4v) is 1.57. The number of rotatable bonds is 6. The van der Waals surface area contributed by atoms with Crippen LogP contribution >= 0.6 is 0 Å². The number of amides is 1. The maximum atomic E-state index is 11.6. The van der Waals surface area contributed by atoms with Crippen molar-refractivity contribution >= 4 is 11.9 Å². The summed E-state index contributed by atoms with van der Waals surface area (Å²) < 4.78 is 2.84. The number of carbonyl (C=O) groups is 2. The van der Waals surface area contributed by atoms with Gasteiger partial charge >= 0.3 is 5.97 Å². The van der Waals surface area contributed by atoms with E-state index in [0.29, 0.717) is 13.1 Å². The lowest BCUT2D eigenvalue weighted by Gasteiger charge is -2.06. The normalized spacial score (nSPS) is 10.3. The Morgan fingerprint density at radius 3 is 2.84 bits per heavy atom. The fraction of sp³-hybridized carbons (Fsp3) is 0.273. The van der Waals surface area contributed by atoms with Crippen LogP contribution in [0.5, 0.6) is 0 Å². The summed E-state index contributed by atoms with van der Waals surface area (Å²) in [5, 5.41) is 19.3. The van der Waals surface area contributed by atoms with E-state index in [1.165, 1.54) is 12.3 Å². The number of carbonyl (C=O) groups excluding carboxylic acids is 1. The Kier molecular flexibility index (Phi) is 3.91. The first kappa shape index (κ1) is 12.8. The monoisotopic (exact) mass is 263 g/mol. The minimum atomic E-state index is -1.11. The molecule has 100 valence electrons. The molecule has 0 aliphatic carbocycles. The first-order valence-electron chi connectivity index (χ1n) is 5.66. The molecule has 1 amide bonds. The molecular weight excluding hydrogens is 250 g/mol. The van der Waals surface area contributed by atoms with Crippen molar-refractivity contribution in [2.45, 2.75) is 13.1 Å².